The van der Waals surface area contributed by atoms with Crippen LogP contribution in [0.4, 0.5) is 0 Å². The molecule has 0 bridgehead atoms. The monoisotopic (exact) mass is 231 g/mol. The molecule has 1 rings (SSSR count). The molecule has 6 heteroatoms. The molecule has 5 nitrogen and oxygen atoms in total. The van der Waals surface area contributed by atoms with Crippen molar-refractivity contribution in [2.24, 2.45) is 5.29 Å². The summed E-state index contributed by atoms with van der Waals surface area (Å²) >= 11 is 5.03. The van der Waals surface area contributed by atoms with E-state index in [1.54, 1.807) is 0 Å². The Hall–Kier alpha value is -0.750. The first-order chi connectivity index (χ1) is 7.27. The number of nitrogens with zero attached hydrogens (tertiary/aromatic N) is 2. The molecule has 0 heterocycles. The van der Waals surface area contributed by atoms with E-state index >= 15 is 0 Å². The molecule has 1 saturated carbocycles. The molecular formula is C9H17N3O2S. The number of thiocarbonyl (C=S) groups is 1. The van der Waals surface area contributed by atoms with Gasteiger partial charge in [0.1, 0.15) is 0 Å². The fourth-order valence-electron chi connectivity index (χ4n) is 1.77. The molecule has 0 aromatic carbocycles. The molecule has 1 aliphatic rings. The summed E-state index contributed by atoms with van der Waals surface area (Å²) in [6, 6.07) is 0.356. The van der Waals surface area contributed by atoms with Crippen molar-refractivity contribution in [3.8, 4) is 0 Å². The van der Waals surface area contributed by atoms with Crippen LogP contribution in [-0.2, 0) is 0 Å². The van der Waals surface area contributed by atoms with Crippen LogP contribution >= 0.6 is 12.2 Å². The first-order valence-electron chi connectivity index (χ1n) is 5.30. The number of hydrogen-bond donors (Lipinski definition) is 2. The second-order valence-corrected chi connectivity index (χ2v) is 4.10. The third kappa shape index (κ3) is 4.09. The van der Waals surface area contributed by atoms with Gasteiger partial charge in [0.05, 0.1) is 18.4 Å². The van der Waals surface area contributed by atoms with E-state index in [-0.39, 0.29) is 13.2 Å². The zero-order valence-corrected chi connectivity index (χ0v) is 9.50. The lowest BCUT2D eigenvalue weighted by molar-refractivity contribution is 0.248. The molecule has 0 saturated heterocycles. The number of aliphatic hydroxyl groups excluding tert-OH is 1. The zero-order valence-electron chi connectivity index (χ0n) is 8.69. The van der Waals surface area contributed by atoms with Crippen molar-refractivity contribution >= 4 is 17.3 Å². The quantitative estimate of drug-likeness (QED) is 0.432. The van der Waals surface area contributed by atoms with E-state index in [0.29, 0.717) is 11.2 Å². The number of hydrogen-bond acceptors (Lipinski definition) is 4. The van der Waals surface area contributed by atoms with Crippen LogP contribution in [0.1, 0.15) is 32.1 Å². The lowest BCUT2D eigenvalue weighted by atomic mass is 9.96. The predicted molar refractivity (Wildman–Crippen MR) is 62.2 cm³/mol. The van der Waals surface area contributed by atoms with Crippen molar-refractivity contribution in [2.45, 2.75) is 38.1 Å². The number of nitroso groups, excluding NO2 is 1. The fourth-order valence-corrected chi connectivity index (χ4v) is 2.06. The summed E-state index contributed by atoms with van der Waals surface area (Å²) in [5.41, 5.74) is 0. The standard InChI is InChI=1S/C9H17N3O2S/c13-7-6-12(11-14)9(15)10-8-4-2-1-3-5-8/h8,13H,1-7H2,(H,10,15). The van der Waals surface area contributed by atoms with Gasteiger partial charge < -0.3 is 10.4 Å². The van der Waals surface area contributed by atoms with E-state index in [0.717, 1.165) is 17.9 Å². The van der Waals surface area contributed by atoms with Gasteiger partial charge in [0.25, 0.3) is 0 Å². The largest absolute Gasteiger partial charge is 0.394 e. The van der Waals surface area contributed by atoms with Crippen LogP contribution in [0.3, 0.4) is 0 Å². The second-order valence-electron chi connectivity index (χ2n) is 3.71. The highest BCUT2D eigenvalue weighted by atomic mass is 32.1. The highest BCUT2D eigenvalue weighted by Crippen LogP contribution is 2.17. The van der Waals surface area contributed by atoms with Crippen molar-refractivity contribution in [1.82, 2.24) is 10.3 Å². The first kappa shape index (κ1) is 12.3. The van der Waals surface area contributed by atoms with Crippen LogP contribution in [0.25, 0.3) is 0 Å². The summed E-state index contributed by atoms with van der Waals surface area (Å²) in [5.74, 6) is 0. The third-order valence-electron chi connectivity index (χ3n) is 2.58. The van der Waals surface area contributed by atoms with Crippen LogP contribution in [-0.4, -0.2) is 34.4 Å². The summed E-state index contributed by atoms with van der Waals surface area (Å²) < 4.78 is 0. The molecule has 0 amide bonds. The van der Waals surface area contributed by atoms with Crippen molar-refractivity contribution in [2.75, 3.05) is 13.2 Å². The lowest BCUT2D eigenvalue weighted by Gasteiger charge is -2.26. The Morgan fingerprint density at radius 2 is 2.13 bits per heavy atom. The van der Waals surface area contributed by atoms with E-state index in [1.807, 2.05) is 0 Å². The molecule has 1 aliphatic carbocycles. The summed E-state index contributed by atoms with van der Waals surface area (Å²) in [4.78, 5) is 10.4. The van der Waals surface area contributed by atoms with Gasteiger partial charge >= 0.3 is 0 Å². The molecule has 0 spiro atoms. The van der Waals surface area contributed by atoms with Crippen molar-refractivity contribution < 1.29 is 5.11 Å². The third-order valence-corrected chi connectivity index (χ3v) is 2.91. The molecule has 86 valence electrons. The normalized spacial score (nSPS) is 17.1. The molecule has 2 N–H and O–H groups in total. The Morgan fingerprint density at radius 1 is 1.47 bits per heavy atom. The fraction of sp³-hybridized carbons (Fsp3) is 0.889. The number of aliphatic hydroxyl groups is 1. The number of nitrogens with one attached hydrogen (secondary N) is 1. The molecule has 0 unspecified atom stereocenters. The van der Waals surface area contributed by atoms with E-state index < -0.39 is 0 Å². The Kier molecular flexibility index (Phi) is 5.49. The van der Waals surface area contributed by atoms with E-state index in [9.17, 15) is 4.91 Å². The van der Waals surface area contributed by atoms with Crippen LogP contribution < -0.4 is 5.32 Å². The highest BCUT2D eigenvalue weighted by molar-refractivity contribution is 7.80. The minimum atomic E-state index is -0.127. The molecule has 0 atom stereocenters. The Morgan fingerprint density at radius 3 is 2.67 bits per heavy atom. The maximum Gasteiger partial charge on any atom is 0.192 e. The van der Waals surface area contributed by atoms with Gasteiger partial charge in [-0.3, -0.25) is 0 Å². The minimum Gasteiger partial charge on any atom is -0.394 e. The average Bonchev–Trinajstić information content (AvgIpc) is 2.27. The van der Waals surface area contributed by atoms with Gasteiger partial charge in [-0.25, -0.2) is 5.01 Å². The maximum atomic E-state index is 10.4. The molecule has 1 fully saturated rings. The van der Waals surface area contributed by atoms with Gasteiger partial charge in [0.2, 0.25) is 0 Å². The predicted octanol–water partition coefficient (Wildman–Crippen LogP) is 1.17. The average molecular weight is 231 g/mol. The molecule has 0 aromatic rings. The SMILES string of the molecule is O=NN(CCO)C(=S)NC1CCCCC1. The summed E-state index contributed by atoms with van der Waals surface area (Å²) in [5, 5.41) is 16.0. The van der Waals surface area contributed by atoms with E-state index in [4.69, 9.17) is 17.3 Å². The highest BCUT2D eigenvalue weighted by Gasteiger charge is 2.17. The van der Waals surface area contributed by atoms with Crippen LogP contribution in [0.15, 0.2) is 5.29 Å². The topological polar surface area (TPSA) is 64.9 Å². The smallest absolute Gasteiger partial charge is 0.192 e. The summed E-state index contributed by atoms with van der Waals surface area (Å²) in [6.45, 7) is 0.0281. The molecule has 0 aliphatic heterocycles. The van der Waals surface area contributed by atoms with Crippen LogP contribution in [0.5, 0.6) is 0 Å². The van der Waals surface area contributed by atoms with Crippen LogP contribution in [0.2, 0.25) is 0 Å². The van der Waals surface area contributed by atoms with Gasteiger partial charge in [-0.15, -0.1) is 4.91 Å². The maximum absolute atomic E-state index is 10.4. The van der Waals surface area contributed by atoms with E-state index in [1.165, 1.54) is 19.3 Å². The molecule has 15 heavy (non-hydrogen) atoms. The Labute approximate surface area is 94.8 Å². The van der Waals surface area contributed by atoms with E-state index in [2.05, 4.69) is 10.6 Å². The van der Waals surface area contributed by atoms with Crippen molar-refractivity contribution in [3.05, 3.63) is 4.91 Å². The minimum absolute atomic E-state index is 0.127. The lowest BCUT2D eigenvalue weighted by Crippen LogP contribution is -2.43. The molecule has 0 radical (unpaired) electrons. The van der Waals surface area contributed by atoms with Gasteiger partial charge in [0.15, 0.2) is 5.11 Å². The van der Waals surface area contributed by atoms with Gasteiger partial charge in [-0.1, -0.05) is 19.3 Å². The van der Waals surface area contributed by atoms with Gasteiger partial charge in [-0.2, -0.15) is 0 Å². The number of rotatable bonds is 4. The van der Waals surface area contributed by atoms with Crippen LogP contribution in [0, 0.1) is 4.91 Å². The van der Waals surface area contributed by atoms with Gasteiger partial charge in [-0.05, 0) is 25.1 Å². The molecular weight excluding hydrogens is 214 g/mol. The summed E-state index contributed by atoms with van der Waals surface area (Å²) in [7, 11) is 0. The Balaban J connectivity index is 2.34. The second kappa shape index (κ2) is 6.68. The molecule has 0 aromatic heterocycles. The summed E-state index contributed by atoms with van der Waals surface area (Å²) in [6.07, 6.45) is 5.86. The first-order valence-corrected chi connectivity index (χ1v) is 5.71. The van der Waals surface area contributed by atoms with Crippen molar-refractivity contribution in [1.29, 1.82) is 0 Å². The zero-order chi connectivity index (χ0) is 11.1. The van der Waals surface area contributed by atoms with Gasteiger partial charge in [0, 0.05) is 6.04 Å². The Bertz CT molecular complexity index is 219. The van der Waals surface area contributed by atoms with Crippen molar-refractivity contribution in [3.63, 3.8) is 0 Å².